The molecule has 1 aromatic heterocycles. The van der Waals surface area contributed by atoms with E-state index >= 15 is 0 Å². The van der Waals surface area contributed by atoms with Crippen molar-refractivity contribution in [2.45, 2.75) is 13.0 Å². The van der Waals surface area contributed by atoms with Crippen LogP contribution in [0.2, 0.25) is 10.0 Å². The molecule has 1 atom stereocenters. The van der Waals surface area contributed by atoms with E-state index in [0.717, 1.165) is 21.7 Å². The third kappa shape index (κ3) is 4.29. The van der Waals surface area contributed by atoms with Crippen LogP contribution < -0.4 is 4.90 Å². The maximum atomic E-state index is 13.6. The van der Waals surface area contributed by atoms with E-state index in [1.54, 1.807) is 34.4 Å². The fourth-order valence-electron chi connectivity index (χ4n) is 3.40. The van der Waals surface area contributed by atoms with Gasteiger partial charge in [-0.1, -0.05) is 83.9 Å². The summed E-state index contributed by atoms with van der Waals surface area (Å²) >= 11 is 14.0. The van der Waals surface area contributed by atoms with Gasteiger partial charge in [-0.25, -0.2) is 0 Å². The number of carbonyl (C=O) groups excluding carboxylic acids is 1. The second-order valence-corrected chi connectivity index (χ2v) is 8.68. The summed E-state index contributed by atoms with van der Waals surface area (Å²) in [5, 5.41) is 2.86. The van der Waals surface area contributed by atoms with Gasteiger partial charge in [-0.3, -0.25) is 4.79 Å². The number of hydrogen-bond donors (Lipinski definition) is 0. The lowest BCUT2D eigenvalue weighted by atomic mass is 10.0. The lowest BCUT2D eigenvalue weighted by Gasteiger charge is -2.29. The minimum Gasteiger partial charge on any atom is -0.300 e. The Hall–Kier alpha value is -2.59. The zero-order valence-electron chi connectivity index (χ0n) is 16.3. The maximum Gasteiger partial charge on any atom is 0.260 e. The highest BCUT2D eigenvalue weighted by Gasteiger charge is 2.27. The van der Waals surface area contributed by atoms with Gasteiger partial charge in [0.15, 0.2) is 0 Å². The molecule has 0 saturated heterocycles. The van der Waals surface area contributed by atoms with Crippen molar-refractivity contribution in [3.63, 3.8) is 0 Å². The van der Waals surface area contributed by atoms with Crippen LogP contribution in [0.1, 0.15) is 28.9 Å². The predicted octanol–water partition coefficient (Wildman–Crippen LogP) is 8.13. The van der Waals surface area contributed by atoms with E-state index in [2.05, 4.69) is 18.2 Å². The van der Waals surface area contributed by atoms with Crippen LogP contribution in [-0.4, -0.2) is 5.91 Å². The Bertz CT molecular complexity index is 1160. The van der Waals surface area contributed by atoms with Crippen LogP contribution in [0, 0.1) is 0 Å². The van der Waals surface area contributed by atoms with E-state index in [-0.39, 0.29) is 11.9 Å². The molecule has 0 radical (unpaired) electrons. The molecular weight excluding hydrogens is 433 g/mol. The third-order valence-corrected chi connectivity index (χ3v) is 6.49. The van der Waals surface area contributed by atoms with Crippen molar-refractivity contribution in [2.75, 3.05) is 4.90 Å². The van der Waals surface area contributed by atoms with Crippen molar-refractivity contribution >= 4 is 46.1 Å². The Morgan fingerprint density at radius 2 is 1.57 bits per heavy atom. The highest BCUT2D eigenvalue weighted by molar-refractivity contribution is 7.14. The van der Waals surface area contributed by atoms with E-state index in [9.17, 15) is 4.79 Å². The number of rotatable bonds is 5. The summed E-state index contributed by atoms with van der Waals surface area (Å²) in [4.78, 5) is 16.5. The van der Waals surface area contributed by atoms with Crippen LogP contribution >= 0.6 is 34.5 Å². The Balaban J connectivity index is 1.78. The fraction of sp³-hybridized carbons (Fsp3) is 0.0800. The number of halogens is 2. The van der Waals surface area contributed by atoms with E-state index < -0.39 is 0 Å². The largest absolute Gasteiger partial charge is 0.300 e. The van der Waals surface area contributed by atoms with Crippen molar-refractivity contribution in [2.24, 2.45) is 0 Å². The second kappa shape index (κ2) is 9.05. The highest BCUT2D eigenvalue weighted by Crippen LogP contribution is 2.37. The zero-order chi connectivity index (χ0) is 21.1. The van der Waals surface area contributed by atoms with Gasteiger partial charge in [-0.2, -0.15) is 0 Å². The van der Waals surface area contributed by atoms with Crippen LogP contribution in [-0.2, 0) is 0 Å². The Labute approximate surface area is 190 Å². The van der Waals surface area contributed by atoms with Gasteiger partial charge in [-0.15, -0.1) is 11.3 Å². The number of benzene rings is 3. The molecule has 3 aromatic carbocycles. The normalized spacial score (nSPS) is 11.8. The smallest absolute Gasteiger partial charge is 0.260 e. The molecule has 0 aliphatic rings. The first kappa shape index (κ1) is 20.7. The van der Waals surface area contributed by atoms with Gasteiger partial charge in [0.1, 0.15) is 0 Å². The summed E-state index contributed by atoms with van der Waals surface area (Å²) in [6.07, 6.45) is 0. The van der Waals surface area contributed by atoms with E-state index in [1.165, 1.54) is 0 Å². The minimum atomic E-state index is -0.177. The lowest BCUT2D eigenvalue weighted by molar-refractivity contribution is 0.0978. The molecule has 4 rings (SSSR count). The van der Waals surface area contributed by atoms with Crippen molar-refractivity contribution in [3.05, 3.63) is 111 Å². The molecule has 0 aliphatic carbocycles. The average molecular weight is 452 g/mol. The molecule has 0 aliphatic heterocycles. The van der Waals surface area contributed by atoms with Crippen LogP contribution in [0.25, 0.3) is 10.4 Å². The van der Waals surface area contributed by atoms with E-state index in [4.69, 9.17) is 23.2 Å². The molecule has 0 saturated carbocycles. The zero-order valence-corrected chi connectivity index (χ0v) is 18.6. The first-order valence-electron chi connectivity index (χ1n) is 9.52. The first-order valence-corrected chi connectivity index (χ1v) is 11.2. The van der Waals surface area contributed by atoms with Gasteiger partial charge in [0.05, 0.1) is 22.3 Å². The number of hydrogen-bond acceptors (Lipinski definition) is 2. The molecule has 0 spiro atoms. The molecule has 0 N–H and O–H groups in total. The predicted molar refractivity (Wildman–Crippen MR) is 128 cm³/mol. The third-order valence-electron chi connectivity index (χ3n) is 4.97. The van der Waals surface area contributed by atoms with Gasteiger partial charge >= 0.3 is 0 Å². The summed E-state index contributed by atoms with van der Waals surface area (Å²) in [5.74, 6) is -0.162. The van der Waals surface area contributed by atoms with Crippen molar-refractivity contribution in [3.8, 4) is 10.4 Å². The molecule has 1 heterocycles. The highest BCUT2D eigenvalue weighted by atomic mass is 35.5. The summed E-state index contributed by atoms with van der Waals surface area (Å²) in [7, 11) is 0. The Kier molecular flexibility index (Phi) is 6.24. The van der Waals surface area contributed by atoms with Gasteiger partial charge < -0.3 is 4.90 Å². The molecule has 0 bridgehead atoms. The van der Waals surface area contributed by atoms with E-state index in [1.807, 2.05) is 60.8 Å². The molecule has 0 fully saturated rings. The van der Waals surface area contributed by atoms with Crippen LogP contribution in [0.5, 0.6) is 0 Å². The molecule has 4 aromatic rings. The number of anilines is 1. The number of carbonyl (C=O) groups is 1. The molecule has 30 heavy (non-hydrogen) atoms. The van der Waals surface area contributed by atoms with Gasteiger partial charge in [0, 0.05) is 15.3 Å². The number of nitrogens with zero attached hydrogens (tertiary/aromatic N) is 1. The lowest BCUT2D eigenvalue weighted by Crippen LogP contribution is -2.33. The minimum absolute atomic E-state index is 0.162. The van der Waals surface area contributed by atoms with Gasteiger partial charge in [0.25, 0.3) is 5.91 Å². The van der Waals surface area contributed by atoms with Crippen molar-refractivity contribution < 1.29 is 4.79 Å². The van der Waals surface area contributed by atoms with Crippen LogP contribution in [0.4, 0.5) is 5.69 Å². The standard InChI is InChI=1S/C25H19Cl2NOS/c1-17(18-8-4-2-5-9-18)28(25(29)22-13-12-20(26)14-23(22)27)21-15-24(30-16-21)19-10-6-3-7-11-19/h2-17H,1H3. The summed E-state index contributed by atoms with van der Waals surface area (Å²) in [6.45, 7) is 2.02. The number of amides is 1. The molecular formula is C25H19Cl2NOS. The molecule has 2 nitrogen and oxygen atoms in total. The fourth-order valence-corrected chi connectivity index (χ4v) is 4.78. The summed E-state index contributed by atoms with van der Waals surface area (Å²) < 4.78 is 0. The van der Waals surface area contributed by atoms with Gasteiger partial charge in [0.2, 0.25) is 0 Å². The van der Waals surface area contributed by atoms with Gasteiger partial charge in [-0.05, 0) is 42.3 Å². The molecule has 5 heteroatoms. The molecule has 1 amide bonds. The maximum absolute atomic E-state index is 13.6. The monoisotopic (exact) mass is 451 g/mol. The summed E-state index contributed by atoms with van der Waals surface area (Å²) in [6, 6.07) is 27.0. The SMILES string of the molecule is CC(c1ccccc1)N(C(=O)c1ccc(Cl)cc1Cl)c1csc(-c2ccccc2)c1. The van der Waals surface area contributed by atoms with Crippen LogP contribution in [0.3, 0.4) is 0 Å². The second-order valence-electron chi connectivity index (χ2n) is 6.92. The Morgan fingerprint density at radius 1 is 0.900 bits per heavy atom. The molecule has 150 valence electrons. The van der Waals surface area contributed by atoms with E-state index in [0.29, 0.717) is 15.6 Å². The topological polar surface area (TPSA) is 20.3 Å². The first-order chi connectivity index (χ1) is 14.5. The number of thiophene rings is 1. The van der Waals surface area contributed by atoms with Crippen molar-refractivity contribution in [1.29, 1.82) is 0 Å². The van der Waals surface area contributed by atoms with Crippen molar-refractivity contribution in [1.82, 2.24) is 0 Å². The quantitative estimate of drug-likeness (QED) is 0.299. The Morgan fingerprint density at radius 3 is 2.23 bits per heavy atom. The molecule has 1 unspecified atom stereocenters. The average Bonchev–Trinajstić information content (AvgIpc) is 3.24. The van der Waals surface area contributed by atoms with Crippen LogP contribution in [0.15, 0.2) is 90.3 Å². The summed E-state index contributed by atoms with van der Waals surface area (Å²) in [5.41, 5.74) is 3.43.